The summed E-state index contributed by atoms with van der Waals surface area (Å²) in [7, 11) is 0. The van der Waals surface area contributed by atoms with Gasteiger partial charge in [0.1, 0.15) is 5.78 Å². The second-order valence-electron chi connectivity index (χ2n) is 4.47. The van der Waals surface area contributed by atoms with Crippen molar-refractivity contribution < 1.29 is 9.53 Å². The zero-order valence-corrected chi connectivity index (χ0v) is 10.8. The summed E-state index contributed by atoms with van der Waals surface area (Å²) < 4.78 is 5.24. The molecule has 0 amide bonds. The Kier molecular flexibility index (Phi) is 6.38. The molecule has 0 aliphatic heterocycles. The van der Waals surface area contributed by atoms with Gasteiger partial charge in [0.15, 0.2) is 0 Å². The van der Waals surface area contributed by atoms with Gasteiger partial charge in [0.2, 0.25) is 0 Å². The first-order valence-corrected chi connectivity index (χ1v) is 6.49. The molecule has 0 aromatic rings. The van der Waals surface area contributed by atoms with Crippen LogP contribution in [0.2, 0.25) is 0 Å². The lowest BCUT2D eigenvalue weighted by molar-refractivity contribution is -0.117. The largest absolute Gasteiger partial charge is 0.471 e. The first-order chi connectivity index (χ1) is 7.68. The highest BCUT2D eigenvalue weighted by Gasteiger charge is 2.13. The van der Waals surface area contributed by atoms with E-state index < -0.39 is 0 Å². The second-order valence-corrected chi connectivity index (χ2v) is 4.84. The average molecular weight is 243 g/mol. The van der Waals surface area contributed by atoms with E-state index in [1.54, 1.807) is 6.92 Å². The average Bonchev–Trinajstić information content (AvgIpc) is 2.27. The van der Waals surface area contributed by atoms with E-state index in [1.165, 1.54) is 32.1 Å². The van der Waals surface area contributed by atoms with Crippen LogP contribution in [-0.2, 0) is 9.53 Å². The van der Waals surface area contributed by atoms with Gasteiger partial charge in [-0.25, -0.2) is 0 Å². The summed E-state index contributed by atoms with van der Waals surface area (Å²) in [6.07, 6.45) is 7.07. The van der Waals surface area contributed by atoms with Gasteiger partial charge < -0.3 is 10.1 Å². The molecule has 1 fully saturated rings. The fraction of sp³-hybridized carbons (Fsp3) is 0.833. The molecule has 1 aliphatic rings. The van der Waals surface area contributed by atoms with Gasteiger partial charge in [-0.3, -0.25) is 4.79 Å². The minimum Gasteiger partial charge on any atom is -0.471 e. The Bertz CT molecular complexity index is 237. The van der Waals surface area contributed by atoms with Gasteiger partial charge in [0.05, 0.1) is 6.61 Å². The summed E-state index contributed by atoms with van der Waals surface area (Å²) in [5.74, 6) is 0.873. The third kappa shape index (κ3) is 6.05. The van der Waals surface area contributed by atoms with Crippen LogP contribution in [0.4, 0.5) is 0 Å². The van der Waals surface area contributed by atoms with Crippen LogP contribution in [0.15, 0.2) is 0 Å². The molecule has 0 aromatic carbocycles. The lowest BCUT2D eigenvalue weighted by Crippen LogP contribution is -2.30. The molecule has 1 aliphatic carbocycles. The van der Waals surface area contributed by atoms with Crippen LogP contribution < -0.4 is 5.32 Å². The van der Waals surface area contributed by atoms with Crippen molar-refractivity contribution >= 4 is 23.2 Å². The molecule has 0 aromatic heterocycles. The normalized spacial score (nSPS) is 16.8. The number of Topliss-reactive ketones (excluding diaryl/α,β-unsaturated/α-hetero) is 1. The zero-order valence-electron chi connectivity index (χ0n) is 9.96. The molecule has 1 N–H and O–H groups in total. The van der Waals surface area contributed by atoms with E-state index in [4.69, 9.17) is 17.0 Å². The maximum absolute atomic E-state index is 10.7. The summed E-state index contributed by atoms with van der Waals surface area (Å²) in [6.45, 7) is 2.87. The maximum Gasteiger partial charge on any atom is 0.256 e. The molecule has 16 heavy (non-hydrogen) atoms. The predicted octanol–water partition coefficient (Wildman–Crippen LogP) is 2.44. The number of ether oxygens (including phenoxy) is 1. The smallest absolute Gasteiger partial charge is 0.256 e. The zero-order chi connectivity index (χ0) is 11.8. The van der Waals surface area contributed by atoms with Crippen LogP contribution >= 0.6 is 12.2 Å². The molecule has 0 bridgehead atoms. The van der Waals surface area contributed by atoms with Gasteiger partial charge in [-0.2, -0.15) is 0 Å². The Morgan fingerprint density at radius 2 is 2.06 bits per heavy atom. The molecule has 0 saturated heterocycles. The summed E-state index contributed by atoms with van der Waals surface area (Å²) >= 11 is 5.03. The minimum atomic E-state index is 0.134. The molecule has 0 heterocycles. The minimum absolute atomic E-state index is 0.134. The van der Waals surface area contributed by atoms with Crippen LogP contribution in [0, 0.1) is 5.92 Å². The van der Waals surface area contributed by atoms with Crippen molar-refractivity contribution in [1.29, 1.82) is 0 Å². The van der Waals surface area contributed by atoms with E-state index in [1.807, 2.05) is 0 Å². The van der Waals surface area contributed by atoms with Gasteiger partial charge in [-0.15, -0.1) is 0 Å². The molecule has 92 valence electrons. The number of thiocarbonyl (C=S) groups is 1. The molecular formula is C12H21NO2S. The van der Waals surface area contributed by atoms with Crippen molar-refractivity contribution in [2.75, 3.05) is 13.2 Å². The number of hydrogen-bond donors (Lipinski definition) is 1. The van der Waals surface area contributed by atoms with E-state index in [0.29, 0.717) is 18.2 Å². The first kappa shape index (κ1) is 13.4. The first-order valence-electron chi connectivity index (χ1n) is 6.08. The van der Waals surface area contributed by atoms with Crippen LogP contribution in [0.25, 0.3) is 0 Å². The van der Waals surface area contributed by atoms with Crippen LogP contribution in [0.3, 0.4) is 0 Å². The number of carbonyl (C=O) groups is 1. The Morgan fingerprint density at radius 3 is 2.69 bits per heavy atom. The fourth-order valence-corrected chi connectivity index (χ4v) is 2.12. The summed E-state index contributed by atoms with van der Waals surface area (Å²) in [6, 6.07) is 0. The Hall–Kier alpha value is -0.640. The number of nitrogens with one attached hydrogen (secondary N) is 1. The molecule has 1 rings (SSSR count). The maximum atomic E-state index is 10.7. The predicted molar refractivity (Wildman–Crippen MR) is 68.4 cm³/mol. The molecule has 0 spiro atoms. The lowest BCUT2D eigenvalue weighted by Gasteiger charge is -2.22. The van der Waals surface area contributed by atoms with Gasteiger partial charge in [-0.1, -0.05) is 19.3 Å². The highest BCUT2D eigenvalue weighted by atomic mass is 32.1. The Morgan fingerprint density at radius 1 is 1.38 bits per heavy atom. The van der Waals surface area contributed by atoms with Gasteiger partial charge in [0, 0.05) is 13.0 Å². The SMILES string of the molecule is CC(=O)CCOC(=S)NCC1CCCCC1. The molecule has 0 atom stereocenters. The van der Waals surface area contributed by atoms with Crippen molar-refractivity contribution in [1.82, 2.24) is 5.32 Å². The summed E-state index contributed by atoms with van der Waals surface area (Å²) in [5.41, 5.74) is 0. The lowest BCUT2D eigenvalue weighted by atomic mass is 9.89. The highest BCUT2D eigenvalue weighted by molar-refractivity contribution is 7.80. The van der Waals surface area contributed by atoms with Gasteiger partial charge in [0.25, 0.3) is 5.17 Å². The summed E-state index contributed by atoms with van der Waals surface area (Å²) in [5, 5.41) is 3.56. The van der Waals surface area contributed by atoms with Crippen LogP contribution in [0.5, 0.6) is 0 Å². The van der Waals surface area contributed by atoms with Crippen LogP contribution in [-0.4, -0.2) is 24.1 Å². The number of carbonyl (C=O) groups excluding carboxylic acids is 1. The molecule has 0 unspecified atom stereocenters. The highest BCUT2D eigenvalue weighted by Crippen LogP contribution is 2.22. The Balaban J connectivity index is 2.02. The van der Waals surface area contributed by atoms with E-state index in [-0.39, 0.29) is 5.78 Å². The Labute approximate surface area is 103 Å². The topological polar surface area (TPSA) is 38.3 Å². The second kappa shape index (κ2) is 7.60. The van der Waals surface area contributed by atoms with E-state index in [9.17, 15) is 4.79 Å². The van der Waals surface area contributed by atoms with Crippen LogP contribution in [0.1, 0.15) is 45.4 Å². The molecular weight excluding hydrogens is 222 g/mol. The van der Waals surface area contributed by atoms with Crippen molar-refractivity contribution in [2.24, 2.45) is 5.92 Å². The summed E-state index contributed by atoms with van der Waals surface area (Å²) in [4.78, 5) is 10.7. The third-order valence-corrected chi connectivity index (χ3v) is 3.21. The van der Waals surface area contributed by atoms with E-state index in [0.717, 1.165) is 12.5 Å². The van der Waals surface area contributed by atoms with Crippen molar-refractivity contribution in [2.45, 2.75) is 45.4 Å². The molecule has 1 saturated carbocycles. The van der Waals surface area contributed by atoms with Crippen molar-refractivity contribution in [3.05, 3.63) is 0 Å². The van der Waals surface area contributed by atoms with Crippen molar-refractivity contribution in [3.63, 3.8) is 0 Å². The van der Waals surface area contributed by atoms with Gasteiger partial charge in [-0.05, 0) is 37.9 Å². The molecule has 4 heteroatoms. The fourth-order valence-electron chi connectivity index (χ4n) is 1.96. The van der Waals surface area contributed by atoms with E-state index >= 15 is 0 Å². The number of hydrogen-bond acceptors (Lipinski definition) is 3. The van der Waals surface area contributed by atoms with E-state index in [2.05, 4.69) is 5.32 Å². The number of rotatable bonds is 5. The van der Waals surface area contributed by atoms with Gasteiger partial charge >= 0.3 is 0 Å². The number of ketones is 1. The van der Waals surface area contributed by atoms with Crippen molar-refractivity contribution in [3.8, 4) is 0 Å². The quantitative estimate of drug-likeness (QED) is 0.753. The standard InChI is InChI=1S/C12H21NO2S/c1-10(14)7-8-15-12(16)13-9-11-5-3-2-4-6-11/h11H,2-9H2,1H3,(H,13,16). The molecule has 3 nitrogen and oxygen atoms in total. The molecule has 0 radical (unpaired) electrons. The monoisotopic (exact) mass is 243 g/mol. The third-order valence-electron chi connectivity index (χ3n) is 2.95.